The number of carbonyl (C=O) groups is 1. The van der Waals surface area contributed by atoms with E-state index in [0.29, 0.717) is 0 Å². The predicted octanol–water partition coefficient (Wildman–Crippen LogP) is 0.697. The monoisotopic (exact) mass is 259 g/mol. The average molecular weight is 259 g/mol. The molecule has 0 radical (unpaired) electrons. The molecule has 0 heterocycles. The van der Waals surface area contributed by atoms with Crippen LogP contribution in [0.15, 0.2) is 17.0 Å². The van der Waals surface area contributed by atoms with Gasteiger partial charge in [-0.2, -0.15) is 0 Å². The van der Waals surface area contributed by atoms with Crippen LogP contribution in [0.3, 0.4) is 0 Å². The van der Waals surface area contributed by atoms with Crippen LogP contribution in [0.4, 0.5) is 0 Å². The van der Waals surface area contributed by atoms with Crippen molar-refractivity contribution in [3.63, 3.8) is 0 Å². The summed E-state index contributed by atoms with van der Waals surface area (Å²) in [5.41, 5.74) is -0.152. The first-order valence-electron chi connectivity index (χ1n) is 4.86. The van der Waals surface area contributed by atoms with Gasteiger partial charge in [-0.25, -0.2) is 17.9 Å². The van der Waals surface area contributed by atoms with Crippen LogP contribution >= 0.6 is 0 Å². The third-order valence-electron chi connectivity index (χ3n) is 2.15. The molecule has 0 aromatic heterocycles. The molecule has 0 bridgehead atoms. The predicted molar refractivity (Wildman–Crippen MR) is 60.7 cm³/mol. The standard InChI is InChI=1S/C10H13NO5S/c1-3-11-17(15,16)9-5-7(10(13)14)8(12)4-6(9)2/h4-5,11-12H,3H2,1-2H3,(H,13,14). The summed E-state index contributed by atoms with van der Waals surface area (Å²) in [6.45, 7) is 3.30. The van der Waals surface area contributed by atoms with Gasteiger partial charge in [0.05, 0.1) is 4.90 Å². The number of nitrogens with one attached hydrogen (secondary N) is 1. The topological polar surface area (TPSA) is 104 Å². The fraction of sp³-hybridized carbons (Fsp3) is 0.300. The molecule has 0 saturated carbocycles. The maximum absolute atomic E-state index is 11.8. The first-order chi connectivity index (χ1) is 7.79. The summed E-state index contributed by atoms with van der Waals surface area (Å²) < 4.78 is 25.8. The van der Waals surface area contributed by atoms with Gasteiger partial charge < -0.3 is 10.2 Å². The molecule has 0 spiro atoms. The zero-order chi connectivity index (χ0) is 13.2. The van der Waals surface area contributed by atoms with Crippen LogP contribution in [-0.4, -0.2) is 31.1 Å². The van der Waals surface area contributed by atoms with Crippen molar-refractivity contribution in [2.75, 3.05) is 6.54 Å². The molecule has 17 heavy (non-hydrogen) atoms. The van der Waals surface area contributed by atoms with Gasteiger partial charge in [-0.05, 0) is 24.6 Å². The van der Waals surface area contributed by atoms with Crippen LogP contribution in [-0.2, 0) is 10.0 Å². The second kappa shape index (κ2) is 4.72. The quantitative estimate of drug-likeness (QED) is 0.738. The number of rotatable bonds is 4. The molecule has 0 unspecified atom stereocenters. The summed E-state index contributed by atoms with van der Waals surface area (Å²) in [7, 11) is -3.74. The Balaban J connectivity index is 3.45. The molecule has 1 aromatic rings. The highest BCUT2D eigenvalue weighted by molar-refractivity contribution is 7.89. The molecule has 6 nitrogen and oxygen atoms in total. The first kappa shape index (κ1) is 13.5. The van der Waals surface area contributed by atoms with Gasteiger partial charge in [-0.3, -0.25) is 0 Å². The summed E-state index contributed by atoms with van der Waals surface area (Å²) in [6, 6.07) is 2.07. The van der Waals surface area contributed by atoms with Gasteiger partial charge in [0.1, 0.15) is 11.3 Å². The molecular weight excluding hydrogens is 246 g/mol. The third kappa shape index (κ3) is 2.75. The highest BCUT2D eigenvalue weighted by Crippen LogP contribution is 2.25. The Morgan fingerprint density at radius 2 is 2.00 bits per heavy atom. The van der Waals surface area contributed by atoms with E-state index in [2.05, 4.69) is 4.72 Å². The van der Waals surface area contributed by atoms with Crippen LogP contribution in [0.2, 0.25) is 0 Å². The largest absolute Gasteiger partial charge is 0.507 e. The van der Waals surface area contributed by atoms with E-state index in [1.165, 1.54) is 6.92 Å². The van der Waals surface area contributed by atoms with E-state index in [4.69, 9.17) is 5.11 Å². The number of hydrogen-bond donors (Lipinski definition) is 3. The number of hydrogen-bond acceptors (Lipinski definition) is 4. The normalized spacial score (nSPS) is 11.4. The van der Waals surface area contributed by atoms with Crippen molar-refractivity contribution in [3.8, 4) is 5.75 Å². The molecule has 3 N–H and O–H groups in total. The smallest absolute Gasteiger partial charge is 0.339 e. The van der Waals surface area contributed by atoms with Crippen molar-refractivity contribution in [1.82, 2.24) is 4.72 Å². The zero-order valence-corrected chi connectivity index (χ0v) is 10.2. The number of aromatic carboxylic acids is 1. The lowest BCUT2D eigenvalue weighted by Gasteiger charge is -2.10. The molecule has 0 aliphatic carbocycles. The minimum atomic E-state index is -3.74. The Bertz CT molecular complexity index is 550. The molecule has 0 saturated heterocycles. The van der Waals surface area contributed by atoms with Gasteiger partial charge in [-0.15, -0.1) is 0 Å². The molecular formula is C10H13NO5S. The molecule has 7 heteroatoms. The third-order valence-corrected chi connectivity index (χ3v) is 3.84. The minimum Gasteiger partial charge on any atom is -0.507 e. The van der Waals surface area contributed by atoms with Crippen molar-refractivity contribution < 1.29 is 23.4 Å². The molecule has 1 rings (SSSR count). The molecule has 0 amide bonds. The maximum Gasteiger partial charge on any atom is 0.339 e. The Morgan fingerprint density at radius 3 is 2.47 bits per heavy atom. The molecule has 94 valence electrons. The van der Waals surface area contributed by atoms with E-state index in [-0.39, 0.29) is 17.0 Å². The fourth-order valence-corrected chi connectivity index (χ4v) is 2.69. The van der Waals surface area contributed by atoms with Crippen molar-refractivity contribution in [3.05, 3.63) is 23.3 Å². The van der Waals surface area contributed by atoms with Gasteiger partial charge in [0.25, 0.3) is 0 Å². The van der Waals surface area contributed by atoms with Crippen molar-refractivity contribution in [1.29, 1.82) is 0 Å². The lowest BCUT2D eigenvalue weighted by atomic mass is 10.1. The van der Waals surface area contributed by atoms with E-state index < -0.39 is 27.3 Å². The Morgan fingerprint density at radius 1 is 1.41 bits per heavy atom. The van der Waals surface area contributed by atoms with Gasteiger partial charge in [0.2, 0.25) is 10.0 Å². The van der Waals surface area contributed by atoms with Crippen LogP contribution in [0.25, 0.3) is 0 Å². The summed E-state index contributed by atoms with van der Waals surface area (Å²) >= 11 is 0. The highest BCUT2D eigenvalue weighted by atomic mass is 32.2. The van der Waals surface area contributed by atoms with Crippen molar-refractivity contribution in [2.24, 2.45) is 0 Å². The number of sulfonamides is 1. The zero-order valence-electron chi connectivity index (χ0n) is 9.39. The van der Waals surface area contributed by atoms with Gasteiger partial charge >= 0.3 is 5.97 Å². The summed E-state index contributed by atoms with van der Waals surface area (Å²) in [5, 5.41) is 18.2. The van der Waals surface area contributed by atoms with E-state index >= 15 is 0 Å². The van der Waals surface area contributed by atoms with E-state index in [1.807, 2.05) is 0 Å². The van der Waals surface area contributed by atoms with Gasteiger partial charge in [0, 0.05) is 6.54 Å². The van der Waals surface area contributed by atoms with E-state index in [9.17, 15) is 18.3 Å². The molecule has 0 fully saturated rings. The number of phenols is 1. The summed E-state index contributed by atoms with van der Waals surface area (Å²) in [4.78, 5) is 10.7. The van der Waals surface area contributed by atoms with Gasteiger partial charge in [0.15, 0.2) is 0 Å². The molecule has 1 aromatic carbocycles. The number of carboxylic acid groups (broad SMARTS) is 1. The molecule has 0 aliphatic heterocycles. The molecule has 0 atom stereocenters. The SMILES string of the molecule is CCNS(=O)(=O)c1cc(C(=O)O)c(O)cc1C. The van der Waals surface area contributed by atoms with Crippen LogP contribution in [0.5, 0.6) is 5.75 Å². The van der Waals surface area contributed by atoms with E-state index in [1.54, 1.807) is 6.92 Å². The van der Waals surface area contributed by atoms with Crippen molar-refractivity contribution in [2.45, 2.75) is 18.7 Å². The Hall–Kier alpha value is -1.60. The Kier molecular flexibility index (Phi) is 3.74. The number of carboxylic acids is 1. The van der Waals surface area contributed by atoms with E-state index in [0.717, 1.165) is 12.1 Å². The summed E-state index contributed by atoms with van der Waals surface area (Å²) in [5.74, 6) is -1.83. The van der Waals surface area contributed by atoms with Crippen LogP contribution < -0.4 is 4.72 Å². The maximum atomic E-state index is 11.8. The van der Waals surface area contributed by atoms with Crippen LogP contribution in [0, 0.1) is 6.92 Å². The molecule has 0 aliphatic rings. The average Bonchev–Trinajstić information content (AvgIpc) is 2.15. The second-order valence-electron chi connectivity index (χ2n) is 3.44. The van der Waals surface area contributed by atoms with Crippen molar-refractivity contribution >= 4 is 16.0 Å². The van der Waals surface area contributed by atoms with Crippen LogP contribution in [0.1, 0.15) is 22.8 Å². The number of benzene rings is 1. The fourth-order valence-electron chi connectivity index (χ4n) is 1.40. The Labute approximate surface area is 99.0 Å². The minimum absolute atomic E-state index is 0.144. The number of aryl methyl sites for hydroxylation is 1. The lowest BCUT2D eigenvalue weighted by Crippen LogP contribution is -2.24. The number of aromatic hydroxyl groups is 1. The summed E-state index contributed by atoms with van der Waals surface area (Å²) in [6.07, 6.45) is 0. The highest BCUT2D eigenvalue weighted by Gasteiger charge is 2.20. The second-order valence-corrected chi connectivity index (χ2v) is 5.18. The first-order valence-corrected chi connectivity index (χ1v) is 6.34. The van der Waals surface area contributed by atoms with Gasteiger partial charge in [-0.1, -0.05) is 6.92 Å². The lowest BCUT2D eigenvalue weighted by molar-refractivity contribution is 0.0693.